The number of alkyl halides is 1. The fourth-order valence-corrected chi connectivity index (χ4v) is 1.71. The van der Waals surface area contributed by atoms with Crippen molar-refractivity contribution < 1.29 is 5.21 Å². The van der Waals surface area contributed by atoms with Crippen LogP contribution in [0.3, 0.4) is 0 Å². The molecule has 0 saturated heterocycles. The topological polar surface area (TPSA) is 32.6 Å². The van der Waals surface area contributed by atoms with Crippen molar-refractivity contribution in [2.45, 2.75) is 25.1 Å². The SMILES string of the molecule is C/C(=N\O)C1C=C(Cl)C(Cl)CC1. The third-order valence-corrected chi connectivity index (χ3v) is 3.04. The van der Waals surface area contributed by atoms with Crippen molar-refractivity contribution in [3.63, 3.8) is 0 Å². The maximum absolute atomic E-state index is 8.52. The number of hydrogen-bond acceptors (Lipinski definition) is 2. The van der Waals surface area contributed by atoms with Crippen LogP contribution < -0.4 is 0 Å². The number of rotatable bonds is 1. The van der Waals surface area contributed by atoms with Crippen LogP contribution in [0.4, 0.5) is 0 Å². The van der Waals surface area contributed by atoms with Gasteiger partial charge in [-0.1, -0.05) is 22.8 Å². The normalized spacial score (nSPS) is 31.6. The minimum atomic E-state index is -0.0607. The lowest BCUT2D eigenvalue weighted by Gasteiger charge is -2.20. The molecule has 2 unspecified atom stereocenters. The van der Waals surface area contributed by atoms with Crippen molar-refractivity contribution >= 4 is 28.9 Å². The average Bonchev–Trinajstić information content (AvgIpc) is 2.08. The summed E-state index contributed by atoms with van der Waals surface area (Å²) in [7, 11) is 0. The Kier molecular flexibility index (Phi) is 3.41. The molecule has 0 aromatic carbocycles. The van der Waals surface area contributed by atoms with Gasteiger partial charge in [0.05, 0.1) is 11.1 Å². The minimum absolute atomic E-state index is 0.0607. The number of allylic oxidation sites excluding steroid dienone is 2. The molecule has 0 aromatic rings. The van der Waals surface area contributed by atoms with Crippen molar-refractivity contribution in [1.29, 1.82) is 0 Å². The Morgan fingerprint density at radius 2 is 2.33 bits per heavy atom. The van der Waals surface area contributed by atoms with Gasteiger partial charge in [0.1, 0.15) is 0 Å². The fourth-order valence-electron chi connectivity index (χ4n) is 1.25. The van der Waals surface area contributed by atoms with Gasteiger partial charge < -0.3 is 5.21 Å². The highest BCUT2D eigenvalue weighted by molar-refractivity contribution is 6.37. The predicted molar refractivity (Wildman–Crippen MR) is 51.2 cm³/mol. The van der Waals surface area contributed by atoms with Gasteiger partial charge >= 0.3 is 0 Å². The van der Waals surface area contributed by atoms with E-state index in [0.29, 0.717) is 10.7 Å². The Labute approximate surface area is 81.8 Å². The van der Waals surface area contributed by atoms with E-state index in [1.165, 1.54) is 0 Å². The molecule has 12 heavy (non-hydrogen) atoms. The van der Waals surface area contributed by atoms with Crippen LogP contribution in [-0.4, -0.2) is 16.3 Å². The molecule has 2 atom stereocenters. The molecule has 0 heterocycles. The lowest BCUT2D eigenvalue weighted by molar-refractivity contribution is 0.315. The van der Waals surface area contributed by atoms with Crippen LogP contribution in [-0.2, 0) is 0 Å². The summed E-state index contributed by atoms with van der Waals surface area (Å²) in [6.07, 6.45) is 3.60. The summed E-state index contributed by atoms with van der Waals surface area (Å²) >= 11 is 11.7. The van der Waals surface area contributed by atoms with E-state index in [0.717, 1.165) is 12.8 Å². The van der Waals surface area contributed by atoms with Gasteiger partial charge in [-0.25, -0.2) is 0 Å². The standard InChI is InChI=1S/C8H11Cl2NO/c1-5(11-12)6-2-3-7(9)8(10)4-6/h4,6-7,12H,2-3H2,1H3/b11-5+. The van der Waals surface area contributed by atoms with Gasteiger partial charge in [-0.2, -0.15) is 0 Å². The molecule has 2 nitrogen and oxygen atoms in total. The molecule has 0 fully saturated rings. The van der Waals surface area contributed by atoms with E-state index in [1.807, 2.05) is 6.08 Å². The summed E-state index contributed by atoms with van der Waals surface area (Å²) in [5.74, 6) is 0.150. The molecular formula is C8H11Cl2NO. The molecule has 68 valence electrons. The summed E-state index contributed by atoms with van der Waals surface area (Å²) < 4.78 is 0. The van der Waals surface area contributed by atoms with Gasteiger partial charge in [0.25, 0.3) is 0 Å². The largest absolute Gasteiger partial charge is 0.411 e. The van der Waals surface area contributed by atoms with Crippen LogP contribution in [0.5, 0.6) is 0 Å². The summed E-state index contributed by atoms with van der Waals surface area (Å²) in [4.78, 5) is 0. The highest BCUT2D eigenvalue weighted by Gasteiger charge is 2.21. The second-order valence-electron chi connectivity index (χ2n) is 2.94. The first-order valence-electron chi connectivity index (χ1n) is 3.85. The molecule has 0 bridgehead atoms. The van der Waals surface area contributed by atoms with E-state index in [-0.39, 0.29) is 11.3 Å². The number of nitrogens with zero attached hydrogens (tertiary/aromatic N) is 1. The third-order valence-electron chi connectivity index (χ3n) is 2.09. The molecule has 0 saturated carbocycles. The van der Waals surface area contributed by atoms with Crippen LogP contribution in [0.1, 0.15) is 19.8 Å². The van der Waals surface area contributed by atoms with Crippen molar-refractivity contribution in [3.05, 3.63) is 11.1 Å². The Hall–Kier alpha value is -0.210. The quantitative estimate of drug-likeness (QED) is 0.305. The second kappa shape index (κ2) is 4.15. The average molecular weight is 208 g/mol. The fraction of sp³-hybridized carbons (Fsp3) is 0.625. The first kappa shape index (κ1) is 9.87. The van der Waals surface area contributed by atoms with E-state index >= 15 is 0 Å². The van der Waals surface area contributed by atoms with Gasteiger partial charge in [0, 0.05) is 11.0 Å². The number of hydrogen-bond donors (Lipinski definition) is 1. The van der Waals surface area contributed by atoms with Gasteiger partial charge in [-0.05, 0) is 19.8 Å². The minimum Gasteiger partial charge on any atom is -0.411 e. The van der Waals surface area contributed by atoms with Crippen LogP contribution in [0.2, 0.25) is 0 Å². The molecule has 0 aromatic heterocycles. The number of halogens is 2. The molecular weight excluding hydrogens is 197 g/mol. The first-order chi connectivity index (χ1) is 5.65. The lowest BCUT2D eigenvalue weighted by atomic mass is 9.92. The third kappa shape index (κ3) is 2.14. The van der Waals surface area contributed by atoms with Gasteiger partial charge in [0.2, 0.25) is 0 Å². The van der Waals surface area contributed by atoms with Gasteiger partial charge in [0.15, 0.2) is 0 Å². The molecule has 4 heteroatoms. The van der Waals surface area contributed by atoms with Crippen LogP contribution in [0.15, 0.2) is 16.3 Å². The second-order valence-corrected chi connectivity index (χ2v) is 3.91. The molecule has 1 rings (SSSR count). The van der Waals surface area contributed by atoms with Crippen LogP contribution >= 0.6 is 23.2 Å². The van der Waals surface area contributed by atoms with Gasteiger partial charge in [-0.3, -0.25) is 0 Å². The molecule has 0 aliphatic heterocycles. The highest BCUT2D eigenvalue weighted by Crippen LogP contribution is 2.30. The smallest absolute Gasteiger partial charge is 0.0689 e. The van der Waals surface area contributed by atoms with Crippen molar-refractivity contribution in [2.24, 2.45) is 11.1 Å². The van der Waals surface area contributed by atoms with E-state index in [2.05, 4.69) is 5.16 Å². The monoisotopic (exact) mass is 207 g/mol. The van der Waals surface area contributed by atoms with Crippen molar-refractivity contribution in [1.82, 2.24) is 0 Å². The summed E-state index contributed by atoms with van der Waals surface area (Å²) in [6.45, 7) is 1.78. The number of oxime groups is 1. The Bertz CT molecular complexity index is 225. The van der Waals surface area contributed by atoms with E-state index in [1.54, 1.807) is 6.92 Å². The Morgan fingerprint density at radius 3 is 2.83 bits per heavy atom. The first-order valence-corrected chi connectivity index (χ1v) is 4.66. The summed E-state index contributed by atoms with van der Waals surface area (Å²) in [5.41, 5.74) is 0.691. The predicted octanol–water partition coefficient (Wildman–Crippen LogP) is 2.98. The van der Waals surface area contributed by atoms with E-state index < -0.39 is 0 Å². The molecule has 0 spiro atoms. The Morgan fingerprint density at radius 1 is 1.67 bits per heavy atom. The molecule has 1 N–H and O–H groups in total. The zero-order valence-corrected chi connectivity index (χ0v) is 8.31. The van der Waals surface area contributed by atoms with E-state index in [4.69, 9.17) is 28.4 Å². The Balaban J connectivity index is 2.72. The van der Waals surface area contributed by atoms with Crippen molar-refractivity contribution in [3.8, 4) is 0 Å². The molecule has 0 radical (unpaired) electrons. The van der Waals surface area contributed by atoms with E-state index in [9.17, 15) is 0 Å². The van der Waals surface area contributed by atoms with Crippen LogP contribution in [0, 0.1) is 5.92 Å². The lowest BCUT2D eigenvalue weighted by Crippen LogP contribution is -2.17. The summed E-state index contributed by atoms with van der Waals surface area (Å²) in [6, 6.07) is 0. The van der Waals surface area contributed by atoms with Crippen LogP contribution in [0.25, 0.3) is 0 Å². The van der Waals surface area contributed by atoms with Gasteiger partial charge in [-0.15, -0.1) is 11.6 Å². The maximum Gasteiger partial charge on any atom is 0.0689 e. The zero-order valence-electron chi connectivity index (χ0n) is 6.80. The van der Waals surface area contributed by atoms with Crippen molar-refractivity contribution in [2.75, 3.05) is 0 Å². The zero-order chi connectivity index (χ0) is 9.14. The summed E-state index contributed by atoms with van der Waals surface area (Å²) in [5, 5.41) is 12.3. The molecule has 1 aliphatic carbocycles. The molecule has 0 amide bonds. The molecule has 1 aliphatic rings. The maximum atomic E-state index is 8.52. The highest BCUT2D eigenvalue weighted by atomic mass is 35.5.